The minimum atomic E-state index is 0.715. The van der Waals surface area contributed by atoms with E-state index in [2.05, 4.69) is 110 Å². The van der Waals surface area contributed by atoms with E-state index in [1.807, 2.05) is 5.01 Å². The number of rotatable bonds is 3. The summed E-state index contributed by atoms with van der Waals surface area (Å²) in [5.74, 6) is 0.752. The Morgan fingerprint density at radius 3 is 2.51 bits per heavy atom. The standard InChI is InChI=1S/C37H30N4/c1-24-32-13-7-6-9-26(32)16-18-33(24)37-38-35(29-15-14-25-8-2-3-10-27(25)20-29)22-36(39-37)34-19-17-31-21-28-11-4-5-12-30(28)23-41(31)40-34/h3-5,7,10-18,20-23H,2,6,8-9,19H2,1H3. The summed E-state index contributed by atoms with van der Waals surface area (Å²) < 4.78 is 0. The lowest BCUT2D eigenvalue weighted by Gasteiger charge is -2.24. The zero-order valence-electron chi connectivity index (χ0n) is 23.1. The molecule has 0 saturated carbocycles. The highest BCUT2D eigenvalue weighted by molar-refractivity contribution is 6.02. The van der Waals surface area contributed by atoms with E-state index < -0.39 is 0 Å². The maximum atomic E-state index is 5.18. The summed E-state index contributed by atoms with van der Waals surface area (Å²) in [5, 5.41) is 9.46. The molecular weight excluding hydrogens is 500 g/mol. The van der Waals surface area contributed by atoms with E-state index in [-0.39, 0.29) is 0 Å². The number of hydrogen-bond donors (Lipinski definition) is 0. The molecule has 0 amide bonds. The largest absolute Gasteiger partial charge is 0.240 e. The van der Waals surface area contributed by atoms with Crippen LogP contribution in [0.15, 0.2) is 89.7 Å². The molecule has 3 heterocycles. The van der Waals surface area contributed by atoms with Crippen LogP contribution in [0.3, 0.4) is 0 Å². The summed E-state index contributed by atoms with van der Waals surface area (Å²) in [7, 11) is 0. The second-order valence-corrected chi connectivity index (χ2v) is 11.2. The van der Waals surface area contributed by atoms with Gasteiger partial charge >= 0.3 is 0 Å². The molecule has 0 saturated heterocycles. The third kappa shape index (κ3) is 4.27. The molecule has 0 N–H and O–H groups in total. The molecule has 0 spiro atoms. The van der Waals surface area contributed by atoms with E-state index in [9.17, 15) is 0 Å². The van der Waals surface area contributed by atoms with Crippen molar-refractivity contribution in [3.63, 3.8) is 0 Å². The number of nitrogens with zero attached hydrogens (tertiary/aromatic N) is 4. The summed E-state index contributed by atoms with van der Waals surface area (Å²) in [6.45, 7) is 2.20. The van der Waals surface area contributed by atoms with Crippen molar-refractivity contribution < 1.29 is 0 Å². The van der Waals surface area contributed by atoms with E-state index in [0.717, 1.165) is 65.4 Å². The van der Waals surface area contributed by atoms with Crippen molar-refractivity contribution in [1.29, 1.82) is 0 Å². The van der Waals surface area contributed by atoms with Crippen molar-refractivity contribution in [1.82, 2.24) is 15.0 Å². The van der Waals surface area contributed by atoms with Crippen LogP contribution in [0.5, 0.6) is 0 Å². The Morgan fingerprint density at radius 1 is 0.780 bits per heavy atom. The molecule has 4 aliphatic rings. The summed E-state index contributed by atoms with van der Waals surface area (Å²) in [6.07, 6.45) is 20.7. The first kappa shape index (κ1) is 24.0. The summed E-state index contributed by atoms with van der Waals surface area (Å²) in [4.78, 5) is 10.4. The van der Waals surface area contributed by atoms with Gasteiger partial charge < -0.3 is 0 Å². The SMILES string of the molecule is Cc1c(-c2nc(C3=NN4C=c5ccccc5=CC4=CC3)cc(-c3ccc4c(c3)C=CCC4)n2)ccc2c1C=CCC2. The molecule has 4 aromatic rings. The third-order valence-electron chi connectivity index (χ3n) is 8.61. The van der Waals surface area contributed by atoms with Crippen molar-refractivity contribution in [3.8, 4) is 22.6 Å². The average Bonchev–Trinajstić information content (AvgIpc) is 3.03. The molecule has 0 atom stereocenters. The first-order valence-corrected chi connectivity index (χ1v) is 14.5. The predicted octanol–water partition coefficient (Wildman–Crippen LogP) is 6.56. The highest BCUT2D eigenvalue weighted by Gasteiger charge is 2.21. The van der Waals surface area contributed by atoms with Crippen LogP contribution in [0, 0.1) is 6.92 Å². The van der Waals surface area contributed by atoms with Gasteiger partial charge in [0.1, 0.15) is 0 Å². The van der Waals surface area contributed by atoms with Crippen LogP contribution in [0.25, 0.3) is 47.1 Å². The highest BCUT2D eigenvalue weighted by Crippen LogP contribution is 2.33. The monoisotopic (exact) mass is 530 g/mol. The van der Waals surface area contributed by atoms with Crippen molar-refractivity contribution in [3.05, 3.63) is 129 Å². The number of benzene rings is 3. The molecule has 1 aromatic heterocycles. The summed E-state index contributed by atoms with van der Waals surface area (Å²) >= 11 is 0. The van der Waals surface area contributed by atoms with E-state index in [1.165, 1.54) is 38.3 Å². The Kier molecular flexibility index (Phi) is 5.66. The van der Waals surface area contributed by atoms with E-state index in [4.69, 9.17) is 15.1 Å². The van der Waals surface area contributed by atoms with Crippen molar-refractivity contribution >= 4 is 30.1 Å². The van der Waals surface area contributed by atoms with Gasteiger partial charge in [-0.05, 0) is 83.9 Å². The molecule has 2 aliphatic carbocycles. The van der Waals surface area contributed by atoms with Gasteiger partial charge in [0.25, 0.3) is 0 Å². The van der Waals surface area contributed by atoms with E-state index in [1.54, 1.807) is 0 Å². The van der Waals surface area contributed by atoms with Gasteiger partial charge in [-0.15, -0.1) is 0 Å². The number of aromatic nitrogens is 2. The van der Waals surface area contributed by atoms with Crippen LogP contribution in [0.2, 0.25) is 0 Å². The lowest BCUT2D eigenvalue weighted by molar-refractivity contribution is 0.551. The maximum Gasteiger partial charge on any atom is 0.160 e. The van der Waals surface area contributed by atoms with Crippen LogP contribution >= 0.6 is 0 Å². The minimum Gasteiger partial charge on any atom is -0.240 e. The topological polar surface area (TPSA) is 41.4 Å². The molecule has 8 rings (SSSR count). The van der Waals surface area contributed by atoms with Gasteiger partial charge in [-0.1, -0.05) is 78.9 Å². The number of hydrogen-bond acceptors (Lipinski definition) is 4. The first-order chi connectivity index (χ1) is 20.2. The maximum absolute atomic E-state index is 5.18. The molecule has 0 radical (unpaired) electrons. The van der Waals surface area contributed by atoms with Crippen LogP contribution in [-0.2, 0) is 12.8 Å². The molecule has 0 fully saturated rings. The molecular formula is C37H30N4. The third-order valence-corrected chi connectivity index (χ3v) is 8.61. The normalized spacial score (nSPS) is 16.4. The predicted molar refractivity (Wildman–Crippen MR) is 168 cm³/mol. The van der Waals surface area contributed by atoms with Gasteiger partial charge in [0.15, 0.2) is 5.82 Å². The molecule has 4 heteroatoms. The first-order valence-electron chi connectivity index (χ1n) is 14.5. The summed E-state index contributed by atoms with van der Waals surface area (Å²) in [6, 6.07) is 21.7. The fraction of sp³-hybridized carbons (Fsp3) is 0.162. The smallest absolute Gasteiger partial charge is 0.160 e. The van der Waals surface area contributed by atoms with Crippen LogP contribution in [-0.4, -0.2) is 20.7 Å². The fourth-order valence-corrected chi connectivity index (χ4v) is 6.33. The van der Waals surface area contributed by atoms with Gasteiger partial charge in [-0.25, -0.2) is 15.0 Å². The van der Waals surface area contributed by atoms with Gasteiger partial charge in [-0.3, -0.25) is 0 Å². The van der Waals surface area contributed by atoms with E-state index in [0.29, 0.717) is 6.42 Å². The molecule has 198 valence electrons. The number of hydrazone groups is 1. The Labute approximate surface area is 240 Å². The van der Waals surface area contributed by atoms with Gasteiger partial charge in [-0.2, -0.15) is 5.10 Å². The zero-order chi connectivity index (χ0) is 27.3. The highest BCUT2D eigenvalue weighted by atomic mass is 15.5. The van der Waals surface area contributed by atoms with E-state index >= 15 is 0 Å². The second-order valence-electron chi connectivity index (χ2n) is 11.2. The molecule has 0 unspecified atom stereocenters. The van der Waals surface area contributed by atoms with Crippen molar-refractivity contribution in [2.75, 3.05) is 0 Å². The van der Waals surface area contributed by atoms with Gasteiger partial charge in [0.05, 0.1) is 22.8 Å². The van der Waals surface area contributed by atoms with Crippen molar-refractivity contribution in [2.45, 2.75) is 39.0 Å². The van der Waals surface area contributed by atoms with Crippen molar-refractivity contribution in [2.24, 2.45) is 5.10 Å². The molecule has 3 aromatic carbocycles. The number of allylic oxidation sites excluding steroid dienone is 4. The molecule has 0 bridgehead atoms. The lowest BCUT2D eigenvalue weighted by atomic mass is 9.90. The van der Waals surface area contributed by atoms with Gasteiger partial charge in [0, 0.05) is 29.0 Å². The van der Waals surface area contributed by atoms with Crippen LogP contribution < -0.4 is 10.4 Å². The van der Waals surface area contributed by atoms with Crippen LogP contribution in [0.4, 0.5) is 0 Å². The Morgan fingerprint density at radius 2 is 1.59 bits per heavy atom. The molecule has 4 nitrogen and oxygen atoms in total. The molecule has 2 aliphatic heterocycles. The fourth-order valence-electron chi connectivity index (χ4n) is 6.33. The second kappa shape index (κ2) is 9.67. The summed E-state index contributed by atoms with van der Waals surface area (Å²) in [5.41, 5.74) is 12.6. The Bertz CT molecular complexity index is 1990. The zero-order valence-corrected chi connectivity index (χ0v) is 23.1. The Hall–Kier alpha value is -4.83. The Balaban J connectivity index is 1.28. The minimum absolute atomic E-state index is 0.715. The van der Waals surface area contributed by atoms with Gasteiger partial charge in [0.2, 0.25) is 0 Å². The number of aryl methyl sites for hydroxylation is 2. The lowest BCUT2D eigenvalue weighted by Crippen LogP contribution is -2.33. The average molecular weight is 531 g/mol. The quantitative estimate of drug-likeness (QED) is 0.301. The molecule has 41 heavy (non-hydrogen) atoms. The van der Waals surface area contributed by atoms with Crippen LogP contribution in [0.1, 0.15) is 52.8 Å². The number of fused-ring (bicyclic) bond motifs is 4.